The lowest BCUT2D eigenvalue weighted by Crippen LogP contribution is -2.53. The summed E-state index contributed by atoms with van der Waals surface area (Å²) in [5.41, 5.74) is 0.0743. The number of hydrogen-bond donors (Lipinski definition) is 2. The van der Waals surface area contributed by atoms with Gasteiger partial charge in [-0.1, -0.05) is 37.0 Å². The van der Waals surface area contributed by atoms with Crippen molar-refractivity contribution in [2.45, 2.75) is 51.0 Å². The van der Waals surface area contributed by atoms with Gasteiger partial charge in [0.1, 0.15) is 5.01 Å². The van der Waals surface area contributed by atoms with Crippen molar-refractivity contribution >= 4 is 22.5 Å². The number of aryl methyl sites for hydroxylation is 1. The fourth-order valence-corrected chi connectivity index (χ4v) is 3.49. The minimum absolute atomic E-state index is 0.0743. The standard InChI is InChI=1S/C14H25N5OS/c1-11-17-18-13(21-11)16-12(20)15-10-14(19(2)3)8-6-4-5-7-9-14/h4-10H2,1-3H3,(H2,15,16,18,20). The Kier molecular flexibility index (Phi) is 5.52. The average molecular weight is 311 g/mol. The molecule has 118 valence electrons. The summed E-state index contributed by atoms with van der Waals surface area (Å²) >= 11 is 1.38. The van der Waals surface area contributed by atoms with Crippen LogP contribution in [0.4, 0.5) is 9.93 Å². The minimum Gasteiger partial charge on any atom is -0.336 e. The van der Waals surface area contributed by atoms with Crippen LogP contribution in [0, 0.1) is 6.92 Å². The van der Waals surface area contributed by atoms with Gasteiger partial charge in [0.25, 0.3) is 0 Å². The molecule has 2 amide bonds. The highest BCUT2D eigenvalue weighted by Gasteiger charge is 2.33. The van der Waals surface area contributed by atoms with Gasteiger partial charge in [0.15, 0.2) is 0 Å². The summed E-state index contributed by atoms with van der Waals surface area (Å²) in [6, 6.07) is -0.198. The first-order valence-corrected chi connectivity index (χ1v) is 8.36. The summed E-state index contributed by atoms with van der Waals surface area (Å²) in [6.45, 7) is 2.54. The smallest absolute Gasteiger partial charge is 0.321 e. The molecule has 2 N–H and O–H groups in total. The molecular weight excluding hydrogens is 286 g/mol. The van der Waals surface area contributed by atoms with E-state index in [1.54, 1.807) is 0 Å². The zero-order valence-corrected chi connectivity index (χ0v) is 13.9. The largest absolute Gasteiger partial charge is 0.336 e. The van der Waals surface area contributed by atoms with Crippen LogP contribution in [0.25, 0.3) is 0 Å². The second-order valence-electron chi connectivity index (χ2n) is 5.97. The first-order chi connectivity index (χ1) is 10.0. The Morgan fingerprint density at radius 3 is 2.43 bits per heavy atom. The summed E-state index contributed by atoms with van der Waals surface area (Å²) in [5.74, 6) is 0. The highest BCUT2D eigenvalue weighted by molar-refractivity contribution is 7.15. The predicted molar refractivity (Wildman–Crippen MR) is 85.8 cm³/mol. The molecule has 0 atom stereocenters. The van der Waals surface area contributed by atoms with Crippen molar-refractivity contribution in [2.24, 2.45) is 0 Å². The summed E-state index contributed by atoms with van der Waals surface area (Å²) in [4.78, 5) is 14.3. The van der Waals surface area contributed by atoms with Gasteiger partial charge in [0.05, 0.1) is 0 Å². The molecule has 1 aliphatic rings. The lowest BCUT2D eigenvalue weighted by molar-refractivity contribution is 0.129. The third kappa shape index (κ3) is 4.38. The second-order valence-corrected chi connectivity index (χ2v) is 7.15. The average Bonchev–Trinajstić information content (AvgIpc) is 2.71. The molecule has 0 bridgehead atoms. The van der Waals surface area contributed by atoms with Crippen molar-refractivity contribution < 1.29 is 4.79 Å². The molecule has 2 rings (SSSR count). The number of carbonyl (C=O) groups is 1. The maximum atomic E-state index is 12.0. The Balaban J connectivity index is 1.90. The quantitative estimate of drug-likeness (QED) is 0.839. The van der Waals surface area contributed by atoms with E-state index in [0.717, 1.165) is 17.8 Å². The lowest BCUT2D eigenvalue weighted by atomic mass is 9.89. The predicted octanol–water partition coefficient (Wildman–Crippen LogP) is 2.62. The van der Waals surface area contributed by atoms with Crippen LogP contribution in [0.1, 0.15) is 43.5 Å². The molecule has 1 heterocycles. The molecule has 1 aromatic heterocycles. The molecule has 0 saturated heterocycles. The van der Waals surface area contributed by atoms with Crippen LogP contribution in [0.3, 0.4) is 0 Å². The number of aromatic nitrogens is 2. The number of anilines is 1. The highest BCUT2D eigenvalue weighted by Crippen LogP contribution is 2.30. The van der Waals surface area contributed by atoms with Crippen LogP contribution in [-0.4, -0.2) is 47.3 Å². The van der Waals surface area contributed by atoms with Crippen molar-refractivity contribution in [1.29, 1.82) is 0 Å². The zero-order chi connectivity index (χ0) is 15.3. The number of nitrogens with zero attached hydrogens (tertiary/aromatic N) is 3. The van der Waals surface area contributed by atoms with E-state index in [0.29, 0.717) is 11.7 Å². The Morgan fingerprint density at radius 2 is 1.90 bits per heavy atom. The van der Waals surface area contributed by atoms with E-state index in [2.05, 4.69) is 39.8 Å². The molecule has 0 spiro atoms. The monoisotopic (exact) mass is 311 g/mol. The van der Waals surface area contributed by atoms with Gasteiger partial charge in [-0.2, -0.15) is 0 Å². The van der Waals surface area contributed by atoms with Gasteiger partial charge in [-0.05, 0) is 33.9 Å². The molecule has 1 saturated carbocycles. The van der Waals surface area contributed by atoms with Gasteiger partial charge in [-0.3, -0.25) is 5.32 Å². The van der Waals surface area contributed by atoms with Gasteiger partial charge in [-0.25, -0.2) is 4.79 Å². The number of amides is 2. The number of likely N-dealkylation sites (N-methyl/N-ethyl adjacent to an activating group) is 1. The van der Waals surface area contributed by atoms with Crippen molar-refractivity contribution in [3.05, 3.63) is 5.01 Å². The molecule has 0 unspecified atom stereocenters. The first kappa shape index (κ1) is 16.2. The van der Waals surface area contributed by atoms with Crippen LogP contribution >= 0.6 is 11.3 Å². The van der Waals surface area contributed by atoms with Crippen molar-refractivity contribution in [3.63, 3.8) is 0 Å². The number of urea groups is 1. The fraction of sp³-hybridized carbons (Fsp3) is 0.786. The van der Waals surface area contributed by atoms with E-state index >= 15 is 0 Å². The van der Waals surface area contributed by atoms with E-state index in [9.17, 15) is 4.79 Å². The third-order valence-electron chi connectivity index (χ3n) is 4.31. The van der Waals surface area contributed by atoms with Crippen LogP contribution < -0.4 is 10.6 Å². The number of carbonyl (C=O) groups excluding carboxylic acids is 1. The molecule has 1 aromatic rings. The molecule has 7 heteroatoms. The van der Waals surface area contributed by atoms with Crippen LogP contribution in [0.15, 0.2) is 0 Å². The van der Waals surface area contributed by atoms with Crippen molar-refractivity contribution in [1.82, 2.24) is 20.4 Å². The molecular formula is C14H25N5OS. The molecule has 0 aliphatic heterocycles. The number of nitrogens with one attached hydrogen (secondary N) is 2. The Bertz CT molecular complexity index is 466. The summed E-state index contributed by atoms with van der Waals surface area (Å²) < 4.78 is 0. The molecule has 0 radical (unpaired) electrons. The second kappa shape index (κ2) is 7.17. The van der Waals surface area contributed by atoms with Gasteiger partial charge in [-0.15, -0.1) is 10.2 Å². The highest BCUT2D eigenvalue weighted by atomic mass is 32.1. The molecule has 6 nitrogen and oxygen atoms in total. The van der Waals surface area contributed by atoms with Gasteiger partial charge in [0, 0.05) is 12.1 Å². The zero-order valence-electron chi connectivity index (χ0n) is 13.1. The Hall–Kier alpha value is -1.21. The van der Waals surface area contributed by atoms with Crippen molar-refractivity contribution in [3.8, 4) is 0 Å². The SMILES string of the molecule is Cc1nnc(NC(=O)NCC2(N(C)C)CCCCCC2)s1. The number of hydrogen-bond acceptors (Lipinski definition) is 5. The topological polar surface area (TPSA) is 70.1 Å². The van der Waals surface area contributed by atoms with Crippen LogP contribution in [0.2, 0.25) is 0 Å². The minimum atomic E-state index is -0.198. The van der Waals surface area contributed by atoms with E-state index in [-0.39, 0.29) is 11.6 Å². The number of rotatable bonds is 4. The molecule has 0 aromatic carbocycles. The maximum Gasteiger partial charge on any atom is 0.321 e. The Morgan fingerprint density at radius 1 is 1.24 bits per heavy atom. The van der Waals surface area contributed by atoms with Crippen LogP contribution in [-0.2, 0) is 0 Å². The molecule has 21 heavy (non-hydrogen) atoms. The van der Waals surface area contributed by atoms with Gasteiger partial charge >= 0.3 is 6.03 Å². The first-order valence-electron chi connectivity index (χ1n) is 7.54. The van der Waals surface area contributed by atoms with E-state index in [1.807, 2.05) is 6.92 Å². The molecule has 1 aliphatic carbocycles. The van der Waals surface area contributed by atoms with E-state index in [1.165, 1.54) is 37.0 Å². The normalized spacial score (nSPS) is 18.3. The van der Waals surface area contributed by atoms with Crippen molar-refractivity contribution in [2.75, 3.05) is 26.0 Å². The Labute approximate surface area is 130 Å². The molecule has 1 fully saturated rings. The van der Waals surface area contributed by atoms with Gasteiger partial charge < -0.3 is 10.2 Å². The summed E-state index contributed by atoms with van der Waals surface area (Å²) in [5, 5.41) is 14.9. The van der Waals surface area contributed by atoms with E-state index in [4.69, 9.17) is 0 Å². The fourth-order valence-electron chi connectivity index (χ4n) is 2.90. The van der Waals surface area contributed by atoms with Gasteiger partial charge in [0.2, 0.25) is 5.13 Å². The third-order valence-corrected chi connectivity index (χ3v) is 5.06. The lowest BCUT2D eigenvalue weighted by Gasteiger charge is -2.39. The van der Waals surface area contributed by atoms with Crippen LogP contribution in [0.5, 0.6) is 0 Å². The summed E-state index contributed by atoms with van der Waals surface area (Å²) in [6.07, 6.45) is 7.34. The maximum absolute atomic E-state index is 12.0. The summed E-state index contributed by atoms with van der Waals surface area (Å²) in [7, 11) is 4.22. The van der Waals surface area contributed by atoms with E-state index < -0.39 is 0 Å².